The van der Waals surface area contributed by atoms with Crippen molar-refractivity contribution in [1.29, 1.82) is 0 Å². The summed E-state index contributed by atoms with van der Waals surface area (Å²) < 4.78 is 5.79. The fraction of sp³-hybridized carbons (Fsp3) is 0.222. The molecule has 0 aliphatic carbocycles. The molecule has 0 amide bonds. The molecule has 0 radical (unpaired) electrons. The van der Waals surface area contributed by atoms with Gasteiger partial charge in [0.15, 0.2) is 0 Å². The first-order chi connectivity index (χ1) is 9.86. The standard InChI is InChI=1S/C18H18OS/c1-2-3-10-19-17-9-8-14-6-7-15(12-16(14)13-17)18-5-4-11-20-18/h4-9,11-13H,2-3,10H2,1H3. The summed E-state index contributed by atoms with van der Waals surface area (Å²) in [6.45, 7) is 2.98. The van der Waals surface area contributed by atoms with Crippen molar-refractivity contribution in [3.63, 3.8) is 0 Å². The summed E-state index contributed by atoms with van der Waals surface area (Å²) in [7, 11) is 0. The summed E-state index contributed by atoms with van der Waals surface area (Å²) in [5.74, 6) is 0.967. The molecule has 3 aromatic rings. The third-order valence-corrected chi connectivity index (χ3v) is 4.30. The second kappa shape index (κ2) is 6.10. The lowest BCUT2D eigenvalue weighted by molar-refractivity contribution is 0.310. The summed E-state index contributed by atoms with van der Waals surface area (Å²) in [5, 5.41) is 4.61. The van der Waals surface area contributed by atoms with Crippen molar-refractivity contribution in [2.45, 2.75) is 19.8 Å². The van der Waals surface area contributed by atoms with Gasteiger partial charge in [-0.05, 0) is 52.4 Å². The van der Waals surface area contributed by atoms with E-state index in [1.165, 1.54) is 21.2 Å². The highest BCUT2D eigenvalue weighted by Gasteiger charge is 2.02. The monoisotopic (exact) mass is 282 g/mol. The van der Waals surface area contributed by atoms with Crippen molar-refractivity contribution in [1.82, 2.24) is 0 Å². The van der Waals surface area contributed by atoms with Gasteiger partial charge in [0.05, 0.1) is 6.61 Å². The number of hydrogen-bond donors (Lipinski definition) is 0. The van der Waals surface area contributed by atoms with Gasteiger partial charge >= 0.3 is 0 Å². The second-order valence-electron chi connectivity index (χ2n) is 4.90. The van der Waals surface area contributed by atoms with E-state index >= 15 is 0 Å². The molecule has 0 saturated carbocycles. The molecule has 0 aliphatic rings. The lowest BCUT2D eigenvalue weighted by Crippen LogP contribution is -1.95. The zero-order chi connectivity index (χ0) is 13.8. The molecule has 0 spiro atoms. The number of thiophene rings is 1. The molecule has 0 aliphatic heterocycles. The SMILES string of the molecule is CCCCOc1ccc2ccc(-c3cccs3)cc2c1. The molecule has 1 heterocycles. The number of hydrogen-bond acceptors (Lipinski definition) is 2. The Morgan fingerprint density at radius 1 is 1.00 bits per heavy atom. The first-order valence-corrected chi connectivity index (χ1v) is 7.95. The zero-order valence-corrected chi connectivity index (χ0v) is 12.5. The molecule has 0 unspecified atom stereocenters. The third-order valence-electron chi connectivity index (χ3n) is 3.38. The Bertz CT molecular complexity index is 686. The number of benzene rings is 2. The molecule has 2 aromatic carbocycles. The van der Waals surface area contributed by atoms with E-state index in [4.69, 9.17) is 4.74 Å². The van der Waals surface area contributed by atoms with Crippen LogP contribution in [0.4, 0.5) is 0 Å². The summed E-state index contributed by atoms with van der Waals surface area (Å²) in [5.41, 5.74) is 1.28. The van der Waals surface area contributed by atoms with E-state index < -0.39 is 0 Å². The second-order valence-corrected chi connectivity index (χ2v) is 5.85. The Morgan fingerprint density at radius 3 is 2.70 bits per heavy atom. The lowest BCUT2D eigenvalue weighted by Gasteiger charge is -2.07. The Hall–Kier alpha value is -1.80. The van der Waals surface area contributed by atoms with E-state index in [0.717, 1.165) is 25.2 Å². The molecule has 0 N–H and O–H groups in total. The van der Waals surface area contributed by atoms with Gasteiger partial charge in [0.25, 0.3) is 0 Å². The maximum atomic E-state index is 5.79. The Balaban J connectivity index is 1.91. The molecule has 0 saturated heterocycles. The quantitative estimate of drug-likeness (QED) is 0.542. The van der Waals surface area contributed by atoms with Gasteiger partial charge in [0.1, 0.15) is 5.75 Å². The van der Waals surface area contributed by atoms with Gasteiger partial charge in [-0.2, -0.15) is 0 Å². The summed E-state index contributed by atoms with van der Waals surface area (Å²) in [6, 6.07) is 17.2. The van der Waals surface area contributed by atoms with Crippen LogP contribution < -0.4 is 4.74 Å². The van der Waals surface area contributed by atoms with E-state index in [0.29, 0.717) is 0 Å². The minimum absolute atomic E-state index is 0.798. The normalized spacial score (nSPS) is 10.8. The predicted molar refractivity (Wildman–Crippen MR) is 87.7 cm³/mol. The zero-order valence-electron chi connectivity index (χ0n) is 11.6. The van der Waals surface area contributed by atoms with Crippen molar-refractivity contribution in [3.8, 4) is 16.2 Å². The molecular formula is C18H18OS. The smallest absolute Gasteiger partial charge is 0.119 e. The molecule has 102 valence electrons. The molecule has 2 heteroatoms. The summed E-state index contributed by atoms with van der Waals surface area (Å²) in [6.07, 6.45) is 2.27. The van der Waals surface area contributed by atoms with Gasteiger partial charge < -0.3 is 4.74 Å². The van der Waals surface area contributed by atoms with Crippen LogP contribution in [0.1, 0.15) is 19.8 Å². The fourth-order valence-electron chi connectivity index (χ4n) is 2.25. The van der Waals surface area contributed by atoms with Gasteiger partial charge in [-0.1, -0.05) is 37.6 Å². The number of rotatable bonds is 5. The van der Waals surface area contributed by atoms with Crippen LogP contribution in [0.3, 0.4) is 0 Å². The lowest BCUT2D eigenvalue weighted by atomic mass is 10.1. The van der Waals surface area contributed by atoms with Gasteiger partial charge in [0, 0.05) is 4.88 Å². The predicted octanol–water partition coefficient (Wildman–Crippen LogP) is 5.75. The summed E-state index contributed by atoms with van der Waals surface area (Å²) >= 11 is 1.77. The van der Waals surface area contributed by atoms with Crippen LogP contribution in [0.15, 0.2) is 53.9 Å². The molecule has 3 rings (SSSR count). The molecule has 1 aromatic heterocycles. The van der Waals surface area contributed by atoms with Gasteiger partial charge in [-0.3, -0.25) is 0 Å². The topological polar surface area (TPSA) is 9.23 Å². The van der Waals surface area contributed by atoms with E-state index in [-0.39, 0.29) is 0 Å². The number of fused-ring (bicyclic) bond motifs is 1. The van der Waals surface area contributed by atoms with E-state index in [1.54, 1.807) is 11.3 Å². The van der Waals surface area contributed by atoms with E-state index in [2.05, 4.69) is 60.8 Å². The first kappa shape index (κ1) is 13.2. The maximum absolute atomic E-state index is 5.79. The van der Waals surface area contributed by atoms with Crippen molar-refractivity contribution < 1.29 is 4.74 Å². The van der Waals surface area contributed by atoms with Gasteiger partial charge in [-0.25, -0.2) is 0 Å². The molecular weight excluding hydrogens is 264 g/mol. The Morgan fingerprint density at radius 2 is 1.90 bits per heavy atom. The Kier molecular flexibility index (Phi) is 4.03. The maximum Gasteiger partial charge on any atom is 0.119 e. The van der Waals surface area contributed by atoms with Crippen molar-refractivity contribution in [3.05, 3.63) is 53.9 Å². The number of unbranched alkanes of at least 4 members (excludes halogenated alkanes) is 1. The highest BCUT2D eigenvalue weighted by Crippen LogP contribution is 2.29. The van der Waals surface area contributed by atoms with Crippen LogP contribution in [0.5, 0.6) is 5.75 Å². The van der Waals surface area contributed by atoms with Crippen molar-refractivity contribution in [2.24, 2.45) is 0 Å². The molecule has 0 fully saturated rings. The minimum Gasteiger partial charge on any atom is -0.494 e. The highest BCUT2D eigenvalue weighted by atomic mass is 32.1. The van der Waals surface area contributed by atoms with Crippen LogP contribution in [-0.2, 0) is 0 Å². The van der Waals surface area contributed by atoms with E-state index in [9.17, 15) is 0 Å². The fourth-order valence-corrected chi connectivity index (χ4v) is 2.97. The average molecular weight is 282 g/mol. The minimum atomic E-state index is 0.798. The van der Waals surface area contributed by atoms with Crippen molar-refractivity contribution >= 4 is 22.1 Å². The van der Waals surface area contributed by atoms with Gasteiger partial charge in [0.2, 0.25) is 0 Å². The number of ether oxygens (including phenoxy) is 1. The van der Waals surface area contributed by atoms with E-state index in [1.807, 2.05) is 0 Å². The molecule has 0 bridgehead atoms. The third kappa shape index (κ3) is 2.86. The van der Waals surface area contributed by atoms with Crippen LogP contribution in [0, 0.1) is 0 Å². The van der Waals surface area contributed by atoms with Gasteiger partial charge in [-0.15, -0.1) is 11.3 Å². The molecule has 1 nitrogen and oxygen atoms in total. The van der Waals surface area contributed by atoms with Crippen LogP contribution in [0.2, 0.25) is 0 Å². The van der Waals surface area contributed by atoms with Crippen LogP contribution >= 0.6 is 11.3 Å². The molecule has 20 heavy (non-hydrogen) atoms. The largest absolute Gasteiger partial charge is 0.494 e. The summed E-state index contributed by atoms with van der Waals surface area (Å²) in [4.78, 5) is 1.31. The Labute approximate surface area is 123 Å². The average Bonchev–Trinajstić information content (AvgIpc) is 3.01. The highest BCUT2D eigenvalue weighted by molar-refractivity contribution is 7.13. The molecule has 0 atom stereocenters. The van der Waals surface area contributed by atoms with Crippen LogP contribution in [-0.4, -0.2) is 6.61 Å². The van der Waals surface area contributed by atoms with Crippen molar-refractivity contribution in [2.75, 3.05) is 6.61 Å². The van der Waals surface area contributed by atoms with Crippen LogP contribution in [0.25, 0.3) is 21.2 Å². The first-order valence-electron chi connectivity index (χ1n) is 7.07.